The van der Waals surface area contributed by atoms with Crippen LogP contribution in [0.2, 0.25) is 0 Å². The minimum Gasteiger partial charge on any atom is -0.423 e. The average Bonchev–Trinajstić information content (AvgIpc) is 3.51. The van der Waals surface area contributed by atoms with Crippen LogP contribution >= 0.6 is 11.3 Å². The highest BCUT2D eigenvalue weighted by atomic mass is 32.1. The first-order valence-electron chi connectivity index (χ1n) is 18.8. The molecule has 0 amide bonds. The van der Waals surface area contributed by atoms with Gasteiger partial charge in [-0.25, -0.2) is 9.78 Å². The van der Waals surface area contributed by atoms with Crippen molar-refractivity contribution in [3.8, 4) is 5.75 Å². The zero-order chi connectivity index (χ0) is 36.6. The molecule has 1 aromatic heterocycles. The Balaban J connectivity index is 1.38. The molecule has 2 unspecified atom stereocenters. The lowest BCUT2D eigenvalue weighted by atomic mass is 9.95. The van der Waals surface area contributed by atoms with E-state index < -0.39 is 5.97 Å². The standard InChI is InChI=1S/C42H56N6O2S/c1-8-12-14-32(10-3)28-48(29-33(11-4)15-13-9-2)38-24-22-37(23-25-38)45-47-42-43-31(7)40(51-42)46-44-36-20-16-35(17-21-36)41(49)50-39-26-18-34(19-27-39)30(5)6/h16-27,30,32-33H,8-15,28-29H2,1-7H3/b46-44?,47-45+. The molecule has 0 fully saturated rings. The molecule has 4 rings (SSSR count). The summed E-state index contributed by atoms with van der Waals surface area (Å²) in [6.07, 6.45) is 10.1. The summed E-state index contributed by atoms with van der Waals surface area (Å²) in [5, 5.41) is 18.9. The van der Waals surface area contributed by atoms with E-state index in [1.54, 1.807) is 24.3 Å². The summed E-state index contributed by atoms with van der Waals surface area (Å²) in [5.74, 6) is 1.92. The Morgan fingerprint density at radius 2 is 1.29 bits per heavy atom. The predicted octanol–water partition coefficient (Wildman–Crippen LogP) is 13.9. The highest BCUT2D eigenvalue weighted by Gasteiger charge is 2.18. The second-order valence-corrected chi connectivity index (χ2v) is 14.7. The molecular formula is C42H56N6O2S. The normalized spacial score (nSPS) is 12.9. The first kappa shape index (κ1) is 39.5. The van der Waals surface area contributed by atoms with Crippen LogP contribution in [0.25, 0.3) is 0 Å². The van der Waals surface area contributed by atoms with Crippen LogP contribution in [0, 0.1) is 18.8 Å². The third-order valence-corrected chi connectivity index (χ3v) is 10.3. The first-order valence-corrected chi connectivity index (χ1v) is 19.6. The van der Waals surface area contributed by atoms with Gasteiger partial charge in [0, 0.05) is 18.8 Å². The maximum atomic E-state index is 12.6. The number of nitrogens with zero attached hydrogens (tertiary/aromatic N) is 6. The van der Waals surface area contributed by atoms with Crippen LogP contribution in [0.1, 0.15) is 120 Å². The van der Waals surface area contributed by atoms with E-state index in [0.717, 1.165) is 24.5 Å². The molecule has 0 radical (unpaired) electrons. The summed E-state index contributed by atoms with van der Waals surface area (Å²) in [5.41, 5.74) is 5.02. The lowest BCUT2D eigenvalue weighted by Crippen LogP contribution is -2.34. The molecule has 0 spiro atoms. The van der Waals surface area contributed by atoms with Gasteiger partial charge in [0.05, 0.1) is 22.6 Å². The van der Waals surface area contributed by atoms with Gasteiger partial charge in [-0.3, -0.25) is 0 Å². The van der Waals surface area contributed by atoms with Gasteiger partial charge >= 0.3 is 5.97 Å². The molecule has 1 heterocycles. The zero-order valence-corrected chi connectivity index (χ0v) is 32.5. The van der Waals surface area contributed by atoms with Crippen molar-refractivity contribution in [1.82, 2.24) is 4.98 Å². The van der Waals surface area contributed by atoms with Crippen molar-refractivity contribution in [2.75, 3.05) is 18.0 Å². The second kappa shape index (κ2) is 20.6. The van der Waals surface area contributed by atoms with Crippen LogP contribution < -0.4 is 9.64 Å². The molecule has 0 aliphatic rings. The van der Waals surface area contributed by atoms with Crippen LogP contribution in [0.5, 0.6) is 5.75 Å². The van der Waals surface area contributed by atoms with E-state index in [-0.39, 0.29) is 0 Å². The maximum Gasteiger partial charge on any atom is 0.343 e. The molecule has 0 aliphatic heterocycles. The number of hydrogen-bond acceptors (Lipinski definition) is 9. The van der Waals surface area contributed by atoms with E-state index in [4.69, 9.17) is 4.74 Å². The van der Waals surface area contributed by atoms with Crippen LogP contribution in [0.3, 0.4) is 0 Å². The number of unbranched alkanes of at least 4 members (excludes halogenated alkanes) is 2. The van der Waals surface area contributed by atoms with Crippen molar-refractivity contribution < 1.29 is 9.53 Å². The number of ether oxygens (including phenoxy) is 1. The van der Waals surface area contributed by atoms with Crippen molar-refractivity contribution >= 4 is 44.5 Å². The third kappa shape index (κ3) is 12.5. The monoisotopic (exact) mass is 708 g/mol. The van der Waals surface area contributed by atoms with Crippen LogP contribution in [0.4, 0.5) is 27.2 Å². The van der Waals surface area contributed by atoms with Gasteiger partial charge < -0.3 is 9.64 Å². The summed E-state index contributed by atoms with van der Waals surface area (Å²) >= 11 is 1.34. The number of azo groups is 2. The zero-order valence-electron chi connectivity index (χ0n) is 31.6. The highest BCUT2D eigenvalue weighted by molar-refractivity contribution is 7.19. The largest absolute Gasteiger partial charge is 0.423 e. The molecule has 0 saturated heterocycles. The topological polar surface area (TPSA) is 91.9 Å². The Hall–Kier alpha value is -4.24. The number of hydrogen-bond donors (Lipinski definition) is 0. The number of thiazole rings is 1. The SMILES string of the molecule is CCCCC(CC)CN(CC(CC)CCCC)c1ccc(/N=N/c2nc(C)c(N=Nc3ccc(C(=O)Oc4ccc(C(C)C)cc4)cc3)s2)cc1. The molecule has 3 aromatic carbocycles. The van der Waals surface area contributed by atoms with Gasteiger partial charge in [-0.15, -0.1) is 20.5 Å². The van der Waals surface area contributed by atoms with Crippen molar-refractivity contribution in [3.63, 3.8) is 0 Å². The molecule has 0 aliphatic carbocycles. The predicted molar refractivity (Wildman–Crippen MR) is 212 cm³/mol. The highest BCUT2D eigenvalue weighted by Crippen LogP contribution is 2.35. The second-order valence-electron chi connectivity index (χ2n) is 13.7. The van der Waals surface area contributed by atoms with E-state index in [1.807, 2.05) is 31.2 Å². The lowest BCUT2D eigenvalue weighted by molar-refractivity contribution is 0.0734. The summed E-state index contributed by atoms with van der Waals surface area (Å²) in [7, 11) is 0. The van der Waals surface area contributed by atoms with Gasteiger partial charge in [0.2, 0.25) is 5.13 Å². The Morgan fingerprint density at radius 3 is 1.82 bits per heavy atom. The Kier molecular flexibility index (Phi) is 15.9. The van der Waals surface area contributed by atoms with Gasteiger partial charge in [-0.2, -0.15) is 0 Å². The number of carbonyl (C=O) groups is 1. The van der Waals surface area contributed by atoms with Gasteiger partial charge in [-0.05, 0) is 104 Å². The van der Waals surface area contributed by atoms with Crippen LogP contribution in [0.15, 0.2) is 93.3 Å². The number of esters is 1. The Morgan fingerprint density at radius 1 is 0.745 bits per heavy atom. The number of aromatic nitrogens is 1. The molecule has 4 aromatic rings. The third-order valence-electron chi connectivity index (χ3n) is 9.39. The molecule has 0 N–H and O–H groups in total. The quantitative estimate of drug-likeness (QED) is 0.0519. The number of aryl methyl sites for hydroxylation is 1. The first-order chi connectivity index (χ1) is 24.7. The fraction of sp³-hybridized carbons (Fsp3) is 0.476. The van der Waals surface area contributed by atoms with E-state index in [2.05, 4.69) is 96.1 Å². The molecule has 2 atom stereocenters. The fourth-order valence-electron chi connectivity index (χ4n) is 5.94. The summed E-state index contributed by atoms with van der Waals surface area (Å²) < 4.78 is 5.53. The molecule has 0 bridgehead atoms. The minimum absolute atomic E-state index is 0.415. The Bertz CT molecular complexity index is 1660. The fourth-order valence-corrected chi connectivity index (χ4v) is 6.65. The average molecular weight is 709 g/mol. The van der Waals surface area contributed by atoms with E-state index >= 15 is 0 Å². The van der Waals surface area contributed by atoms with Crippen molar-refractivity contribution in [3.05, 3.63) is 89.6 Å². The van der Waals surface area contributed by atoms with Gasteiger partial charge in [-0.1, -0.05) is 104 Å². The van der Waals surface area contributed by atoms with Crippen molar-refractivity contribution in [2.24, 2.45) is 32.3 Å². The van der Waals surface area contributed by atoms with E-state index in [9.17, 15) is 4.79 Å². The number of anilines is 1. The summed E-state index contributed by atoms with van der Waals surface area (Å²) in [6, 6.07) is 22.9. The summed E-state index contributed by atoms with van der Waals surface area (Å²) in [6.45, 7) is 17.6. The molecule has 9 heteroatoms. The molecule has 0 saturated carbocycles. The van der Waals surface area contributed by atoms with Crippen molar-refractivity contribution in [2.45, 2.75) is 106 Å². The van der Waals surface area contributed by atoms with Crippen LogP contribution in [-0.2, 0) is 0 Å². The van der Waals surface area contributed by atoms with Crippen molar-refractivity contribution in [1.29, 1.82) is 0 Å². The smallest absolute Gasteiger partial charge is 0.343 e. The molecule has 8 nitrogen and oxygen atoms in total. The molecule has 272 valence electrons. The lowest BCUT2D eigenvalue weighted by Gasteiger charge is -2.32. The number of rotatable bonds is 20. The van der Waals surface area contributed by atoms with E-state index in [0.29, 0.717) is 44.9 Å². The van der Waals surface area contributed by atoms with Gasteiger partial charge in [0.15, 0.2) is 5.00 Å². The van der Waals surface area contributed by atoms with Gasteiger partial charge in [0.25, 0.3) is 0 Å². The Labute approximate surface area is 309 Å². The minimum atomic E-state index is -0.420. The van der Waals surface area contributed by atoms with Crippen LogP contribution in [-0.4, -0.2) is 24.0 Å². The molecular weight excluding hydrogens is 653 g/mol. The van der Waals surface area contributed by atoms with E-state index in [1.165, 1.54) is 74.0 Å². The number of benzene rings is 3. The number of carbonyl (C=O) groups excluding carboxylic acids is 1. The summed E-state index contributed by atoms with van der Waals surface area (Å²) in [4.78, 5) is 19.8. The van der Waals surface area contributed by atoms with Gasteiger partial charge in [0.1, 0.15) is 5.75 Å². The maximum absolute atomic E-state index is 12.6. The molecule has 51 heavy (non-hydrogen) atoms.